The summed E-state index contributed by atoms with van der Waals surface area (Å²) in [6.45, 7) is 5.33. The number of nitrogen functional groups attached to an aromatic ring is 2. The van der Waals surface area contributed by atoms with Crippen LogP contribution in [0.3, 0.4) is 0 Å². The third kappa shape index (κ3) is 32.1. The summed E-state index contributed by atoms with van der Waals surface area (Å²) < 4.78 is 0. The van der Waals surface area contributed by atoms with Crippen molar-refractivity contribution in [1.29, 1.82) is 0 Å². The van der Waals surface area contributed by atoms with Crippen LogP contribution >= 0.6 is 0 Å². The van der Waals surface area contributed by atoms with Crippen molar-refractivity contribution in [1.82, 2.24) is 20.5 Å². The van der Waals surface area contributed by atoms with E-state index in [1.165, 1.54) is 25.7 Å². The van der Waals surface area contributed by atoms with Gasteiger partial charge in [-0.15, -0.1) is 0 Å². The summed E-state index contributed by atoms with van der Waals surface area (Å²) in [6, 6.07) is 62.5. The van der Waals surface area contributed by atoms with Crippen molar-refractivity contribution in [2.24, 2.45) is 91.4 Å². The number of unbranched alkanes of at least 4 members (excludes halogenated alkanes) is 2. The molecule has 131 heavy (non-hydrogen) atoms. The van der Waals surface area contributed by atoms with E-state index in [2.05, 4.69) is 25.6 Å². The number of benzene rings is 9. The Balaban J connectivity index is 0.000000222. The van der Waals surface area contributed by atoms with Gasteiger partial charge in [0.05, 0.1) is 18.1 Å². The highest BCUT2D eigenvalue weighted by molar-refractivity contribution is 6.09. The SMILES string of the molecule is CC(=O)CC(Cc1ccc(C(=O)c2ccccc2)cc1)C(=O)NC(CCCCN=C(N)N)C(=O)CC(Cc1ccc(N)cc1)C(N)=O.CC(=O)CC(Cc1ccc2ccccc2c1)C(=O)N1CC(N)CC1C(=O)CC(CCCCN=C(N)N)C(N)=O.CC(=O)CC(Cc1ccc2ccccc2c1)C(=O)NC(Cc1ccc(N)cc1)C(=O)CC(Cc1c[nH]c2ccccc12)C(N)=O. The first-order chi connectivity index (χ1) is 62.6. The molecule has 1 aromatic heterocycles. The lowest BCUT2D eigenvalue weighted by Crippen LogP contribution is -2.47. The van der Waals surface area contributed by atoms with Gasteiger partial charge in [0.2, 0.25) is 35.4 Å². The average Bonchev–Trinajstić information content (AvgIpc) is 1.69. The van der Waals surface area contributed by atoms with Crippen molar-refractivity contribution >= 4 is 132 Å². The smallest absolute Gasteiger partial charge is 0.227 e. The normalized spacial score (nSPS) is 14.6. The summed E-state index contributed by atoms with van der Waals surface area (Å²) in [5, 5.41) is 11.0. The Labute approximate surface area is 762 Å². The van der Waals surface area contributed by atoms with E-state index < -0.39 is 77.3 Å². The number of anilines is 2. The molecule has 6 amide bonds. The number of fused-ring (bicyclic) bond motifs is 3. The van der Waals surface area contributed by atoms with E-state index in [1.807, 2.05) is 121 Å². The molecule has 10 unspecified atom stereocenters. The molecule has 10 atom stereocenters. The number of rotatable bonds is 47. The number of para-hydroxylation sites is 1. The van der Waals surface area contributed by atoms with Crippen LogP contribution in [-0.4, -0.2) is 142 Å². The van der Waals surface area contributed by atoms with Crippen LogP contribution in [0.25, 0.3) is 32.4 Å². The molecule has 23 N–H and O–H groups in total. The number of carbonyl (C=O) groups is 13. The van der Waals surface area contributed by atoms with Gasteiger partial charge in [-0.2, -0.15) is 0 Å². The monoisotopic (exact) mass is 1780 g/mol. The van der Waals surface area contributed by atoms with Gasteiger partial charge in [-0.1, -0.05) is 188 Å². The molecule has 1 aliphatic rings. The highest BCUT2D eigenvalue weighted by Gasteiger charge is 2.42. The number of ketones is 7. The average molecular weight is 1780 g/mol. The van der Waals surface area contributed by atoms with Crippen molar-refractivity contribution in [2.45, 2.75) is 167 Å². The number of hydrogen-bond donors (Lipinski definition) is 13. The molecule has 0 radical (unpaired) electrons. The lowest BCUT2D eigenvalue weighted by Gasteiger charge is -2.28. The molecule has 0 aliphatic carbocycles. The van der Waals surface area contributed by atoms with E-state index in [9.17, 15) is 62.3 Å². The van der Waals surface area contributed by atoms with Crippen LogP contribution in [0.2, 0.25) is 0 Å². The van der Waals surface area contributed by atoms with Crippen molar-refractivity contribution in [3.05, 3.63) is 263 Å². The molecule has 0 spiro atoms. The molecule has 1 aliphatic heterocycles. The number of carbonyl (C=O) groups excluding carboxylic acids is 13. The number of amides is 6. The van der Waals surface area contributed by atoms with Crippen LogP contribution in [0.4, 0.5) is 11.4 Å². The van der Waals surface area contributed by atoms with Crippen LogP contribution in [0, 0.1) is 35.5 Å². The van der Waals surface area contributed by atoms with Crippen molar-refractivity contribution < 1.29 is 62.3 Å². The van der Waals surface area contributed by atoms with Gasteiger partial charge in [0.15, 0.2) is 35.1 Å². The second-order valence-electron chi connectivity index (χ2n) is 34.2. The molecule has 29 nitrogen and oxygen atoms in total. The Morgan fingerprint density at radius 2 is 0.817 bits per heavy atom. The topological polar surface area (TPSA) is 550 Å². The number of aliphatic imine (C=N–C) groups is 2. The van der Waals surface area contributed by atoms with E-state index in [0.29, 0.717) is 87.0 Å². The fourth-order valence-corrected chi connectivity index (χ4v) is 16.5. The maximum Gasteiger partial charge on any atom is 0.227 e. The minimum absolute atomic E-state index is 0.00246. The molecule has 1 saturated heterocycles. The number of nitrogens with one attached hydrogen (secondary N) is 3. The summed E-state index contributed by atoms with van der Waals surface area (Å²) in [6.07, 6.45) is 6.51. The number of Topliss-reactive ketones (excluding diaryl/α,β-unsaturated/α-hetero) is 6. The molecule has 29 heteroatoms. The summed E-state index contributed by atoms with van der Waals surface area (Å²) in [5.74, 6) is -8.62. The van der Waals surface area contributed by atoms with Gasteiger partial charge >= 0.3 is 0 Å². The standard InChI is InChI=1S/C37H38N4O4.C36H44N6O5.C29H40N6O4/c1-23(42)16-29(18-25-10-13-26-6-2-3-7-27(26)17-25)37(45)41-34(19-24-11-14-31(38)15-12-24)35(43)21-28(36(39)44)20-30-22-40-33-9-5-4-8-32(30)33;1-23(43)19-29(21-24-10-14-27(15-11-24)33(45)26-7-3-2-4-8-26)35(47)42-31(9-5-6-18-41-36(39)40)32(44)22-28(34(38)46)20-25-12-16-30(37)17-13-25;1-18(36)12-23(14-19-9-10-20-6-2-3-7-21(20)13-19)28(39)35-17-24(30)16-25(35)26(37)15-22(27(31)38)8-4-5-11-34-29(32)33/h2-15,17,22,28-29,34,40H,16,18-21,38H2,1H3,(H2,39,44)(H,41,45);2-4,7-8,10-17,28-29,31H,5-6,9,18-22,37H2,1H3,(H2,38,46)(H,42,47)(H4,39,40,41);2-3,6-7,9-10,13,22-25H,4-5,8,11-12,14-17,30H2,1H3,(H2,31,38)(H4,32,33,34). The molecule has 688 valence electrons. The third-order valence-corrected chi connectivity index (χ3v) is 23.4. The number of nitrogens with two attached hydrogens (primary N) is 10. The molecule has 9 aromatic carbocycles. The van der Waals surface area contributed by atoms with E-state index in [0.717, 1.165) is 65.8 Å². The maximum atomic E-state index is 13.9. The Kier molecular flexibility index (Phi) is 38.2. The molecular formula is C102H122N16O13. The number of guanidine groups is 2. The summed E-state index contributed by atoms with van der Waals surface area (Å²) in [4.78, 5) is 181. The van der Waals surface area contributed by atoms with Gasteiger partial charge in [0.25, 0.3) is 0 Å². The lowest BCUT2D eigenvalue weighted by atomic mass is 9.88. The van der Waals surface area contributed by atoms with E-state index in [4.69, 9.17) is 57.3 Å². The van der Waals surface area contributed by atoms with E-state index in [1.54, 1.807) is 97.1 Å². The molecule has 10 aromatic rings. The van der Waals surface area contributed by atoms with Gasteiger partial charge in [-0.3, -0.25) is 57.9 Å². The van der Waals surface area contributed by atoms with Gasteiger partial charge < -0.3 is 92.2 Å². The van der Waals surface area contributed by atoms with Crippen molar-refractivity contribution in [2.75, 3.05) is 31.1 Å². The number of H-pyrrole nitrogens is 1. The predicted molar refractivity (Wildman–Crippen MR) is 511 cm³/mol. The zero-order chi connectivity index (χ0) is 94.8. The van der Waals surface area contributed by atoms with Gasteiger partial charge in [-0.25, -0.2) is 0 Å². The molecule has 1 fully saturated rings. The van der Waals surface area contributed by atoms with Crippen LogP contribution in [-0.2, 0) is 96.1 Å². The number of aromatic amines is 1. The van der Waals surface area contributed by atoms with Crippen LogP contribution < -0.4 is 68.0 Å². The van der Waals surface area contributed by atoms with E-state index in [-0.39, 0.29) is 147 Å². The lowest BCUT2D eigenvalue weighted by molar-refractivity contribution is -0.142. The highest BCUT2D eigenvalue weighted by Crippen LogP contribution is 2.31. The number of hydrogen-bond acceptors (Lipinski definition) is 18. The molecule has 0 bridgehead atoms. The summed E-state index contributed by atoms with van der Waals surface area (Å²) in [7, 11) is 0. The molecule has 11 rings (SSSR count). The molecule has 2 heterocycles. The maximum absolute atomic E-state index is 13.9. The summed E-state index contributed by atoms with van der Waals surface area (Å²) >= 11 is 0. The number of nitrogens with zero attached hydrogens (tertiary/aromatic N) is 3. The first-order valence-corrected chi connectivity index (χ1v) is 44.2. The predicted octanol–water partition coefficient (Wildman–Crippen LogP) is 9.35. The Morgan fingerprint density at radius 1 is 0.405 bits per heavy atom. The molecule has 0 saturated carbocycles. The van der Waals surface area contributed by atoms with Gasteiger partial charge in [0, 0.05) is 139 Å². The molecular weight excluding hydrogens is 1660 g/mol. The van der Waals surface area contributed by atoms with Gasteiger partial charge in [-0.05, 0) is 183 Å². The minimum Gasteiger partial charge on any atom is -0.399 e. The second kappa shape index (κ2) is 49.8. The highest BCUT2D eigenvalue weighted by atomic mass is 16.2. The number of primary amides is 3. The Hall–Kier alpha value is -14.4. The minimum atomic E-state index is -0.933. The first-order valence-electron chi connectivity index (χ1n) is 44.2. The van der Waals surface area contributed by atoms with Gasteiger partial charge in [0.1, 0.15) is 17.3 Å². The largest absolute Gasteiger partial charge is 0.399 e. The van der Waals surface area contributed by atoms with Crippen LogP contribution in [0.15, 0.2) is 229 Å². The number of likely N-dealkylation sites (tertiary alicyclic amines) is 1. The summed E-state index contributed by atoms with van der Waals surface area (Å²) in [5.41, 5.74) is 64.6. The number of aromatic nitrogens is 1. The third-order valence-electron chi connectivity index (χ3n) is 23.4. The zero-order valence-corrected chi connectivity index (χ0v) is 74.5. The second-order valence-corrected chi connectivity index (χ2v) is 34.2. The first kappa shape index (κ1) is 100. The quantitative estimate of drug-likeness (QED) is 0.00555. The van der Waals surface area contributed by atoms with E-state index >= 15 is 0 Å². The fraction of sp³-hybridized carbons (Fsp3) is 0.343. The zero-order valence-electron chi connectivity index (χ0n) is 74.5. The fourth-order valence-electron chi connectivity index (χ4n) is 16.5. The van der Waals surface area contributed by atoms with Crippen molar-refractivity contribution in [3.8, 4) is 0 Å². The van der Waals surface area contributed by atoms with Crippen LogP contribution in [0.1, 0.15) is 154 Å². The van der Waals surface area contributed by atoms with Crippen molar-refractivity contribution in [3.63, 3.8) is 0 Å². The Morgan fingerprint density at radius 3 is 1.33 bits per heavy atom. The Bertz CT molecular complexity index is 5710. The van der Waals surface area contributed by atoms with Crippen LogP contribution in [0.5, 0.6) is 0 Å².